The smallest absolute Gasteiger partial charge is 0.249 e. The van der Waals surface area contributed by atoms with E-state index >= 15 is 4.39 Å². The molecule has 2 aliphatic heterocycles. The van der Waals surface area contributed by atoms with Gasteiger partial charge in [0, 0.05) is 40.6 Å². The van der Waals surface area contributed by atoms with Gasteiger partial charge < -0.3 is 20.9 Å². The Bertz CT molecular complexity index is 1500. The summed E-state index contributed by atoms with van der Waals surface area (Å²) in [5, 5.41) is 9.43. The van der Waals surface area contributed by atoms with Crippen molar-refractivity contribution >= 4 is 46.4 Å². The number of carbonyl (C=O) groups is 2. The number of rotatable bonds is 4. The zero-order chi connectivity index (χ0) is 27.4. The van der Waals surface area contributed by atoms with Crippen LogP contribution in [-0.2, 0) is 15.0 Å². The minimum Gasteiger partial charge on any atom is -0.329 e. The summed E-state index contributed by atoms with van der Waals surface area (Å²) in [5.74, 6) is -2.53. The Morgan fingerprint density at radius 2 is 1.87 bits per heavy atom. The summed E-state index contributed by atoms with van der Waals surface area (Å²) in [6, 6.07) is 10.9. The number of hydrogen-bond acceptors (Lipinski definition) is 4. The molecule has 3 heterocycles. The maximum atomic E-state index is 15.7. The molecule has 10 heteroatoms. The number of carbonyl (C=O) groups excluding carboxylic acids is 2. The summed E-state index contributed by atoms with van der Waals surface area (Å²) in [6.07, 6.45) is 1.92. The van der Waals surface area contributed by atoms with Crippen LogP contribution >= 0.6 is 23.2 Å². The van der Waals surface area contributed by atoms with Crippen LogP contribution in [0.2, 0.25) is 10.0 Å². The molecule has 2 amide bonds. The van der Waals surface area contributed by atoms with Crippen LogP contribution in [0.25, 0.3) is 0 Å². The van der Waals surface area contributed by atoms with Gasteiger partial charge in [-0.15, -0.1) is 0 Å². The third-order valence-electron chi connectivity index (χ3n) is 7.26. The highest BCUT2D eigenvalue weighted by molar-refractivity contribution is 6.31. The SMILES string of the molecule is CC(C)(C)C[C@H]1N[C@H](C(=O)Nc2cc[nH]c(=O)c2)[C@@H](c2cccc(Cl)c2F)[C@@]12C(=O)Nc1cc(Cl)ccc12. The Morgan fingerprint density at radius 1 is 1.11 bits per heavy atom. The van der Waals surface area contributed by atoms with Gasteiger partial charge in [0.15, 0.2) is 0 Å². The molecular formula is C28H27Cl2FN4O3. The highest BCUT2D eigenvalue weighted by atomic mass is 35.5. The van der Waals surface area contributed by atoms with Crippen LogP contribution in [0.3, 0.4) is 0 Å². The molecule has 1 spiro atoms. The number of aromatic amines is 1. The second-order valence-corrected chi connectivity index (χ2v) is 11.9. The van der Waals surface area contributed by atoms with Gasteiger partial charge in [-0.25, -0.2) is 4.39 Å². The van der Waals surface area contributed by atoms with Gasteiger partial charge >= 0.3 is 0 Å². The number of H-pyrrole nitrogens is 1. The van der Waals surface area contributed by atoms with E-state index in [2.05, 4.69) is 20.9 Å². The van der Waals surface area contributed by atoms with Gasteiger partial charge in [0.2, 0.25) is 17.4 Å². The molecule has 0 radical (unpaired) electrons. The third-order valence-corrected chi connectivity index (χ3v) is 7.79. The highest BCUT2D eigenvalue weighted by Crippen LogP contribution is 2.57. The number of fused-ring (bicyclic) bond motifs is 2. The van der Waals surface area contributed by atoms with E-state index in [1.54, 1.807) is 36.4 Å². The molecule has 7 nitrogen and oxygen atoms in total. The monoisotopic (exact) mass is 556 g/mol. The molecule has 0 unspecified atom stereocenters. The molecule has 0 aliphatic carbocycles. The molecule has 38 heavy (non-hydrogen) atoms. The largest absolute Gasteiger partial charge is 0.329 e. The van der Waals surface area contributed by atoms with E-state index in [0.29, 0.717) is 22.7 Å². The number of anilines is 2. The maximum Gasteiger partial charge on any atom is 0.249 e. The van der Waals surface area contributed by atoms with E-state index < -0.39 is 35.1 Å². The highest BCUT2D eigenvalue weighted by Gasteiger charge is 2.66. The first-order chi connectivity index (χ1) is 17.9. The van der Waals surface area contributed by atoms with E-state index in [9.17, 15) is 14.4 Å². The fraction of sp³-hybridized carbons (Fsp3) is 0.321. The van der Waals surface area contributed by atoms with E-state index in [-0.39, 0.29) is 33.2 Å². The van der Waals surface area contributed by atoms with Crippen molar-refractivity contribution in [1.29, 1.82) is 0 Å². The van der Waals surface area contributed by atoms with Crippen LogP contribution in [0, 0.1) is 11.2 Å². The van der Waals surface area contributed by atoms with Gasteiger partial charge in [-0.2, -0.15) is 0 Å². The molecule has 1 fully saturated rings. The van der Waals surface area contributed by atoms with Crippen molar-refractivity contribution in [1.82, 2.24) is 10.3 Å². The Labute approximate surface area is 229 Å². The van der Waals surface area contributed by atoms with Crippen LogP contribution < -0.4 is 21.5 Å². The van der Waals surface area contributed by atoms with Gasteiger partial charge in [-0.1, -0.05) is 62.2 Å². The molecule has 4 N–H and O–H groups in total. The maximum absolute atomic E-state index is 15.7. The molecule has 198 valence electrons. The molecule has 0 bridgehead atoms. The predicted molar refractivity (Wildman–Crippen MR) is 146 cm³/mol. The Balaban J connectivity index is 1.74. The van der Waals surface area contributed by atoms with Crippen LogP contribution in [0.4, 0.5) is 15.8 Å². The minimum atomic E-state index is -1.35. The number of halogens is 3. The minimum absolute atomic E-state index is 0.111. The Morgan fingerprint density at radius 3 is 2.58 bits per heavy atom. The van der Waals surface area contributed by atoms with Gasteiger partial charge in [0.25, 0.3) is 0 Å². The molecule has 4 atom stereocenters. The predicted octanol–water partition coefficient (Wildman–Crippen LogP) is 5.21. The number of pyridine rings is 1. The Kier molecular flexibility index (Phi) is 6.62. The second kappa shape index (κ2) is 9.52. The lowest BCUT2D eigenvalue weighted by atomic mass is 9.62. The lowest BCUT2D eigenvalue weighted by molar-refractivity contribution is -0.122. The summed E-state index contributed by atoms with van der Waals surface area (Å²) in [4.78, 5) is 42.3. The van der Waals surface area contributed by atoms with Crippen molar-refractivity contribution < 1.29 is 14.0 Å². The van der Waals surface area contributed by atoms with Crippen molar-refractivity contribution in [2.75, 3.05) is 10.6 Å². The van der Waals surface area contributed by atoms with Crippen molar-refractivity contribution in [3.05, 3.63) is 92.1 Å². The first-order valence-corrected chi connectivity index (χ1v) is 13.0. The molecule has 0 saturated carbocycles. The second-order valence-electron chi connectivity index (χ2n) is 11.0. The van der Waals surface area contributed by atoms with E-state index in [0.717, 1.165) is 0 Å². The average molecular weight is 557 g/mol. The van der Waals surface area contributed by atoms with Crippen molar-refractivity contribution in [3.8, 4) is 0 Å². The number of hydrogen-bond donors (Lipinski definition) is 4. The van der Waals surface area contributed by atoms with E-state index in [1.807, 2.05) is 20.8 Å². The van der Waals surface area contributed by atoms with Crippen LogP contribution in [-0.4, -0.2) is 28.9 Å². The normalized spacial score (nSPS) is 24.4. The lowest BCUT2D eigenvalue weighted by Crippen LogP contribution is -2.49. The lowest BCUT2D eigenvalue weighted by Gasteiger charge is -2.37. The summed E-state index contributed by atoms with van der Waals surface area (Å²) in [7, 11) is 0. The van der Waals surface area contributed by atoms with E-state index in [4.69, 9.17) is 23.2 Å². The summed E-state index contributed by atoms with van der Waals surface area (Å²) >= 11 is 12.5. The standard InChI is InChI=1S/C28H27Cl2FN4O3/c1-27(2,3)13-20-28(17-8-7-14(29)11-19(17)34-26(28)38)22(16-5-4-6-18(30)23(16)31)24(35-20)25(37)33-15-9-10-32-21(36)12-15/h4-12,20,22,24,35H,13H2,1-3H3,(H,34,38)(H2,32,33,36,37)/t20-,22-,24+,28+/m1/s1. The summed E-state index contributed by atoms with van der Waals surface area (Å²) in [6.45, 7) is 6.11. The fourth-order valence-electron chi connectivity index (χ4n) is 5.89. The zero-order valence-electron chi connectivity index (χ0n) is 21.0. The molecule has 1 saturated heterocycles. The molecule has 5 rings (SSSR count). The zero-order valence-corrected chi connectivity index (χ0v) is 22.5. The van der Waals surface area contributed by atoms with Crippen LogP contribution in [0.5, 0.6) is 0 Å². The van der Waals surface area contributed by atoms with Crippen molar-refractivity contribution in [2.45, 2.75) is 50.6 Å². The topological polar surface area (TPSA) is 103 Å². The summed E-state index contributed by atoms with van der Waals surface area (Å²) < 4.78 is 15.7. The number of benzene rings is 2. The van der Waals surface area contributed by atoms with Crippen molar-refractivity contribution in [3.63, 3.8) is 0 Å². The van der Waals surface area contributed by atoms with Gasteiger partial charge in [-0.3, -0.25) is 14.4 Å². The first kappa shape index (κ1) is 26.4. The molecule has 2 aromatic carbocycles. The van der Waals surface area contributed by atoms with E-state index in [1.165, 1.54) is 18.3 Å². The van der Waals surface area contributed by atoms with Crippen LogP contribution in [0.15, 0.2) is 59.5 Å². The molecular weight excluding hydrogens is 530 g/mol. The Hall–Kier alpha value is -3.20. The molecule has 2 aliphatic rings. The van der Waals surface area contributed by atoms with Gasteiger partial charge in [0.05, 0.1) is 11.1 Å². The number of aromatic nitrogens is 1. The van der Waals surface area contributed by atoms with Gasteiger partial charge in [0.1, 0.15) is 11.2 Å². The molecule has 1 aromatic heterocycles. The number of nitrogens with one attached hydrogen (secondary N) is 4. The summed E-state index contributed by atoms with van der Waals surface area (Å²) in [5.41, 5.74) is -0.420. The van der Waals surface area contributed by atoms with Crippen molar-refractivity contribution in [2.24, 2.45) is 5.41 Å². The van der Waals surface area contributed by atoms with Crippen LogP contribution in [0.1, 0.15) is 44.2 Å². The third kappa shape index (κ3) is 4.40. The quantitative estimate of drug-likeness (QED) is 0.354. The molecule has 3 aromatic rings. The number of amides is 2. The average Bonchev–Trinajstić information content (AvgIpc) is 3.29. The fourth-order valence-corrected chi connectivity index (χ4v) is 6.25. The first-order valence-electron chi connectivity index (χ1n) is 12.2. The van der Waals surface area contributed by atoms with Gasteiger partial charge in [-0.05, 0) is 47.2 Å².